The molecule has 0 aliphatic carbocycles. The largest absolute Gasteiger partial charge is 0.496 e. The molecule has 24 heavy (non-hydrogen) atoms. The van der Waals surface area contributed by atoms with Gasteiger partial charge >= 0.3 is 0 Å². The maximum Gasteiger partial charge on any atom is 0.220 e. The summed E-state index contributed by atoms with van der Waals surface area (Å²) in [7, 11) is 1.67. The van der Waals surface area contributed by atoms with E-state index in [0.29, 0.717) is 0 Å². The molecule has 0 radical (unpaired) electrons. The van der Waals surface area contributed by atoms with Crippen molar-refractivity contribution in [3.8, 4) is 17.0 Å². The van der Waals surface area contributed by atoms with E-state index in [-0.39, 0.29) is 11.8 Å². The zero-order valence-corrected chi connectivity index (χ0v) is 14.0. The lowest BCUT2D eigenvalue weighted by Crippen LogP contribution is -2.38. The molecule has 0 atom stereocenters. The molecule has 0 spiro atoms. The van der Waals surface area contributed by atoms with Crippen molar-refractivity contribution in [1.29, 1.82) is 0 Å². The lowest BCUT2D eigenvalue weighted by atomic mass is 9.96. The standard InChI is InChI=1S/C18H22N4O2/c1-12-3-4-14(9-16(12)24-2)15-10-17(21-11-20-15)22-7-5-13(6-8-22)18(19)23/h3-4,9-11,13H,5-8H2,1-2H3,(H2,19,23). The van der Waals surface area contributed by atoms with Gasteiger partial charge < -0.3 is 15.4 Å². The number of hydrogen-bond acceptors (Lipinski definition) is 5. The van der Waals surface area contributed by atoms with Crippen molar-refractivity contribution in [2.24, 2.45) is 11.7 Å². The third-order valence-corrected chi connectivity index (χ3v) is 4.58. The molecule has 3 rings (SSSR count). The number of rotatable bonds is 4. The van der Waals surface area contributed by atoms with Crippen LogP contribution in [0, 0.1) is 12.8 Å². The number of hydrogen-bond donors (Lipinski definition) is 1. The second-order valence-corrected chi connectivity index (χ2v) is 6.11. The molecule has 2 N–H and O–H groups in total. The first kappa shape index (κ1) is 16.2. The molecule has 0 bridgehead atoms. The highest BCUT2D eigenvalue weighted by atomic mass is 16.5. The van der Waals surface area contributed by atoms with Gasteiger partial charge in [0.15, 0.2) is 0 Å². The van der Waals surface area contributed by atoms with Crippen LogP contribution >= 0.6 is 0 Å². The van der Waals surface area contributed by atoms with Crippen LogP contribution < -0.4 is 15.4 Å². The number of benzene rings is 1. The number of primary amides is 1. The van der Waals surface area contributed by atoms with E-state index in [2.05, 4.69) is 14.9 Å². The van der Waals surface area contributed by atoms with Gasteiger partial charge in [0.05, 0.1) is 12.8 Å². The summed E-state index contributed by atoms with van der Waals surface area (Å²) < 4.78 is 5.39. The van der Waals surface area contributed by atoms with Crippen molar-refractivity contribution >= 4 is 11.7 Å². The number of aromatic nitrogens is 2. The average Bonchev–Trinajstić information content (AvgIpc) is 2.62. The van der Waals surface area contributed by atoms with Gasteiger partial charge in [0, 0.05) is 30.6 Å². The van der Waals surface area contributed by atoms with Crippen molar-refractivity contribution in [2.45, 2.75) is 19.8 Å². The van der Waals surface area contributed by atoms with E-state index in [1.54, 1.807) is 13.4 Å². The highest BCUT2D eigenvalue weighted by Gasteiger charge is 2.24. The Bertz CT molecular complexity index is 740. The van der Waals surface area contributed by atoms with Crippen molar-refractivity contribution in [3.63, 3.8) is 0 Å². The Balaban J connectivity index is 1.81. The van der Waals surface area contributed by atoms with Crippen LogP contribution in [0.2, 0.25) is 0 Å². The van der Waals surface area contributed by atoms with Crippen LogP contribution in [0.15, 0.2) is 30.6 Å². The molecule has 6 heteroatoms. The molecule has 2 aromatic rings. The maximum absolute atomic E-state index is 11.3. The van der Waals surface area contributed by atoms with Crippen LogP contribution in [0.25, 0.3) is 11.3 Å². The van der Waals surface area contributed by atoms with Crippen molar-refractivity contribution in [2.75, 3.05) is 25.1 Å². The van der Waals surface area contributed by atoms with E-state index in [9.17, 15) is 4.79 Å². The van der Waals surface area contributed by atoms with E-state index in [1.165, 1.54) is 0 Å². The number of nitrogens with two attached hydrogens (primary N) is 1. The minimum Gasteiger partial charge on any atom is -0.496 e. The molecule has 1 aromatic heterocycles. The Morgan fingerprint density at radius 3 is 2.67 bits per heavy atom. The number of aryl methyl sites for hydroxylation is 1. The monoisotopic (exact) mass is 326 g/mol. The Labute approximate surface area is 141 Å². The number of piperidine rings is 1. The van der Waals surface area contributed by atoms with Crippen LogP contribution in [0.1, 0.15) is 18.4 Å². The molecule has 1 saturated heterocycles. The molecule has 1 fully saturated rings. The summed E-state index contributed by atoms with van der Waals surface area (Å²) in [5.74, 6) is 1.49. The van der Waals surface area contributed by atoms with Gasteiger partial charge in [0.1, 0.15) is 17.9 Å². The molecule has 0 saturated carbocycles. The first-order valence-corrected chi connectivity index (χ1v) is 8.10. The first-order valence-electron chi connectivity index (χ1n) is 8.10. The topological polar surface area (TPSA) is 81.3 Å². The maximum atomic E-state index is 11.3. The zero-order valence-electron chi connectivity index (χ0n) is 14.0. The van der Waals surface area contributed by atoms with Gasteiger partial charge in [-0.2, -0.15) is 0 Å². The third kappa shape index (κ3) is 3.32. The molecule has 0 unspecified atom stereocenters. The fraction of sp³-hybridized carbons (Fsp3) is 0.389. The lowest BCUT2D eigenvalue weighted by Gasteiger charge is -2.31. The van der Waals surface area contributed by atoms with Gasteiger partial charge in [-0.25, -0.2) is 9.97 Å². The molecule has 1 aliphatic rings. The van der Waals surface area contributed by atoms with Crippen LogP contribution in [0.5, 0.6) is 5.75 Å². The van der Waals surface area contributed by atoms with E-state index in [0.717, 1.165) is 54.3 Å². The summed E-state index contributed by atoms with van der Waals surface area (Å²) in [6.45, 7) is 3.57. The molecule has 6 nitrogen and oxygen atoms in total. The number of methoxy groups -OCH3 is 1. The molecule has 126 valence electrons. The SMILES string of the molecule is COc1cc(-c2cc(N3CCC(C(N)=O)CC3)ncn2)ccc1C. The van der Waals surface area contributed by atoms with Gasteiger partial charge in [-0.3, -0.25) is 4.79 Å². The van der Waals surface area contributed by atoms with Crippen molar-refractivity contribution in [1.82, 2.24) is 9.97 Å². The smallest absolute Gasteiger partial charge is 0.220 e. The second-order valence-electron chi connectivity index (χ2n) is 6.11. The van der Waals surface area contributed by atoms with Crippen LogP contribution in [0.4, 0.5) is 5.82 Å². The zero-order chi connectivity index (χ0) is 17.1. The summed E-state index contributed by atoms with van der Waals surface area (Å²) in [5, 5.41) is 0. The molecule has 1 aromatic carbocycles. The Morgan fingerprint density at radius 1 is 1.25 bits per heavy atom. The predicted molar refractivity (Wildman–Crippen MR) is 92.9 cm³/mol. The van der Waals surface area contributed by atoms with Gasteiger partial charge in [-0.05, 0) is 31.4 Å². The van der Waals surface area contributed by atoms with Crippen molar-refractivity contribution < 1.29 is 9.53 Å². The quantitative estimate of drug-likeness (QED) is 0.931. The molecular formula is C18H22N4O2. The Morgan fingerprint density at radius 2 is 2.00 bits per heavy atom. The van der Waals surface area contributed by atoms with Gasteiger partial charge in [-0.15, -0.1) is 0 Å². The van der Waals surface area contributed by atoms with Gasteiger partial charge in [-0.1, -0.05) is 12.1 Å². The van der Waals surface area contributed by atoms with E-state index < -0.39 is 0 Å². The number of anilines is 1. The normalized spacial score (nSPS) is 15.3. The van der Waals surface area contributed by atoms with Gasteiger partial charge in [0.25, 0.3) is 0 Å². The highest BCUT2D eigenvalue weighted by molar-refractivity contribution is 5.77. The molecule has 2 heterocycles. The minimum atomic E-state index is -0.204. The number of carbonyl (C=O) groups excluding carboxylic acids is 1. The fourth-order valence-electron chi connectivity index (χ4n) is 3.05. The van der Waals surface area contributed by atoms with Crippen molar-refractivity contribution in [3.05, 3.63) is 36.2 Å². The predicted octanol–water partition coefficient (Wildman–Crippen LogP) is 2.16. The number of nitrogens with zero attached hydrogens (tertiary/aromatic N) is 3. The highest BCUT2D eigenvalue weighted by Crippen LogP contribution is 2.28. The molecule has 1 aliphatic heterocycles. The molecular weight excluding hydrogens is 304 g/mol. The summed E-state index contributed by atoms with van der Waals surface area (Å²) in [6.07, 6.45) is 3.12. The fourth-order valence-corrected chi connectivity index (χ4v) is 3.05. The Kier molecular flexibility index (Phi) is 4.64. The summed E-state index contributed by atoms with van der Waals surface area (Å²) >= 11 is 0. The van der Waals surface area contributed by atoms with E-state index in [4.69, 9.17) is 10.5 Å². The number of amides is 1. The average molecular weight is 326 g/mol. The number of carbonyl (C=O) groups is 1. The van der Waals surface area contributed by atoms with Gasteiger partial charge in [0.2, 0.25) is 5.91 Å². The van der Waals surface area contributed by atoms with E-state index in [1.807, 2.05) is 31.2 Å². The van der Waals surface area contributed by atoms with E-state index >= 15 is 0 Å². The Hall–Kier alpha value is -2.63. The third-order valence-electron chi connectivity index (χ3n) is 4.58. The first-order chi connectivity index (χ1) is 11.6. The van der Waals surface area contributed by atoms with Crippen LogP contribution in [-0.2, 0) is 4.79 Å². The second kappa shape index (κ2) is 6.86. The lowest BCUT2D eigenvalue weighted by molar-refractivity contribution is -0.122. The summed E-state index contributed by atoms with van der Waals surface area (Å²) in [6, 6.07) is 8.02. The summed E-state index contributed by atoms with van der Waals surface area (Å²) in [5.41, 5.74) is 8.33. The number of ether oxygens (including phenoxy) is 1. The minimum absolute atomic E-state index is 0.0242. The molecule has 1 amide bonds. The summed E-state index contributed by atoms with van der Waals surface area (Å²) in [4.78, 5) is 22.2. The van der Waals surface area contributed by atoms with Crippen LogP contribution in [-0.4, -0.2) is 36.1 Å². The van der Waals surface area contributed by atoms with Crippen LogP contribution in [0.3, 0.4) is 0 Å².